The molecule has 12 heteroatoms. The van der Waals surface area contributed by atoms with Crippen LogP contribution in [0.15, 0.2) is 48.6 Å². The van der Waals surface area contributed by atoms with Crippen molar-refractivity contribution in [2.24, 2.45) is 17.2 Å². The molecule has 1 saturated heterocycles. The van der Waals surface area contributed by atoms with Crippen LogP contribution in [0.5, 0.6) is 5.75 Å². The Morgan fingerprint density at radius 1 is 1.26 bits per heavy atom. The Morgan fingerprint density at radius 2 is 1.97 bits per heavy atom. The highest BCUT2D eigenvalue weighted by Crippen LogP contribution is 2.34. The smallest absolute Gasteiger partial charge is 0.391 e. The average Bonchev–Trinajstić information content (AvgIpc) is 3.23. The number of allylic oxidation sites excluding steroid dienone is 2. The first kappa shape index (κ1) is 24.2. The van der Waals surface area contributed by atoms with Gasteiger partial charge in [0.15, 0.2) is 0 Å². The van der Waals surface area contributed by atoms with E-state index in [-0.39, 0.29) is 29.7 Å². The topological polar surface area (TPSA) is 178 Å². The highest BCUT2D eigenvalue weighted by Gasteiger charge is 2.21. The van der Waals surface area contributed by atoms with Crippen LogP contribution in [0.25, 0.3) is 11.4 Å². The molecule has 1 aliphatic rings. The fraction of sp³-hybridized carbons (Fsp3) is 0.263. The van der Waals surface area contributed by atoms with Crippen molar-refractivity contribution in [3.63, 3.8) is 0 Å². The van der Waals surface area contributed by atoms with Crippen LogP contribution < -0.4 is 31.9 Å². The van der Waals surface area contributed by atoms with E-state index < -0.39 is 8.60 Å². The van der Waals surface area contributed by atoms with Crippen molar-refractivity contribution in [3.05, 3.63) is 54.1 Å². The number of aromatic nitrogens is 2. The Bertz CT molecular complexity index is 954. The minimum Gasteiger partial charge on any atom is -0.426 e. The zero-order valence-corrected chi connectivity index (χ0v) is 18.3. The highest BCUT2D eigenvalue weighted by atomic mass is 31.2. The number of carbonyl (C=O) groups is 1. The summed E-state index contributed by atoms with van der Waals surface area (Å²) in [6.45, 7) is 5.46. The maximum Gasteiger partial charge on any atom is 0.391 e. The fourth-order valence-corrected chi connectivity index (χ4v) is 3.18. The Kier molecular flexibility index (Phi) is 8.83. The molecule has 168 valence electrons. The monoisotopic (exact) mass is 449 g/mol. The van der Waals surface area contributed by atoms with Crippen LogP contribution in [0, 0.1) is 0 Å². The summed E-state index contributed by atoms with van der Waals surface area (Å²) in [7, 11) is -2.61. The molecule has 1 amide bonds. The summed E-state index contributed by atoms with van der Waals surface area (Å²) in [6.07, 6.45) is 4.66. The molecule has 0 aliphatic carbocycles. The molecule has 1 aromatic heterocycles. The van der Waals surface area contributed by atoms with Gasteiger partial charge in [-0.1, -0.05) is 26.0 Å². The first-order valence-corrected chi connectivity index (χ1v) is 10.8. The predicted molar refractivity (Wildman–Crippen MR) is 121 cm³/mol. The molecule has 31 heavy (non-hydrogen) atoms. The Morgan fingerprint density at radius 3 is 2.61 bits per heavy atom. The van der Waals surface area contributed by atoms with Crippen LogP contribution in [-0.4, -0.2) is 45.1 Å². The van der Waals surface area contributed by atoms with Gasteiger partial charge in [-0.2, -0.15) is 5.10 Å². The number of hydrogen-bond acceptors (Lipinski definition) is 9. The number of hydrogen-bond donors (Lipinski definition) is 6. The molecule has 1 aromatic carbocycles. The highest BCUT2D eigenvalue weighted by molar-refractivity contribution is 7.39. The van der Waals surface area contributed by atoms with Crippen LogP contribution >= 0.6 is 8.60 Å². The lowest BCUT2D eigenvalue weighted by molar-refractivity contribution is -0.118. The van der Waals surface area contributed by atoms with Crippen molar-refractivity contribution in [1.29, 1.82) is 0 Å². The van der Waals surface area contributed by atoms with Crippen molar-refractivity contribution >= 4 is 31.6 Å². The van der Waals surface area contributed by atoms with E-state index in [1.165, 1.54) is 17.0 Å². The third-order valence-electron chi connectivity index (χ3n) is 4.18. The number of benzene rings is 1. The molecule has 0 saturated carbocycles. The van der Waals surface area contributed by atoms with E-state index in [4.69, 9.17) is 31.5 Å². The van der Waals surface area contributed by atoms with E-state index in [9.17, 15) is 4.79 Å². The molecule has 2 heterocycles. The zero-order chi connectivity index (χ0) is 23.0. The predicted octanol–water partition coefficient (Wildman–Crippen LogP) is 0.479. The molecule has 0 bridgehead atoms. The van der Waals surface area contributed by atoms with E-state index in [2.05, 4.69) is 10.4 Å². The molecule has 11 nitrogen and oxygen atoms in total. The van der Waals surface area contributed by atoms with Crippen molar-refractivity contribution in [2.75, 3.05) is 24.5 Å². The number of nitrogens with one attached hydrogen (secondary N) is 1. The number of anilines is 1. The number of piperazine rings is 1. The molecule has 0 unspecified atom stereocenters. The van der Waals surface area contributed by atoms with Crippen LogP contribution in [-0.2, 0) is 4.79 Å². The van der Waals surface area contributed by atoms with Gasteiger partial charge in [0.25, 0.3) is 0 Å². The third kappa shape index (κ3) is 6.19. The first-order chi connectivity index (χ1) is 14.9. The van der Waals surface area contributed by atoms with E-state index in [0.29, 0.717) is 30.0 Å². The van der Waals surface area contributed by atoms with Gasteiger partial charge in [-0.15, -0.1) is 0 Å². The van der Waals surface area contributed by atoms with Gasteiger partial charge in [0.05, 0.1) is 24.6 Å². The molecule has 1 fully saturated rings. The second-order valence-corrected chi connectivity index (χ2v) is 6.83. The summed E-state index contributed by atoms with van der Waals surface area (Å²) in [5.74, 6) is 0.0896. The molecular formula is C19H28N7O4P. The van der Waals surface area contributed by atoms with E-state index in [1.807, 2.05) is 13.8 Å². The SMILES string of the molecule is CC.NC(N)=C(/C=C(\N)c1ccccc1OP(O)O)n1cc(N2CCNCC2=O)cn1. The van der Waals surface area contributed by atoms with E-state index in [1.54, 1.807) is 35.4 Å². The number of nitrogens with zero attached hydrogens (tertiary/aromatic N) is 3. The van der Waals surface area contributed by atoms with Gasteiger partial charge in [-0.3, -0.25) is 4.79 Å². The summed E-state index contributed by atoms with van der Waals surface area (Å²) >= 11 is 0. The van der Waals surface area contributed by atoms with E-state index in [0.717, 1.165) is 0 Å². The maximum atomic E-state index is 12.1. The Labute approximate surface area is 181 Å². The van der Waals surface area contributed by atoms with Crippen molar-refractivity contribution in [3.8, 4) is 5.75 Å². The minimum atomic E-state index is -2.61. The van der Waals surface area contributed by atoms with Gasteiger partial charge in [0, 0.05) is 24.4 Å². The summed E-state index contributed by atoms with van der Waals surface area (Å²) in [5.41, 5.74) is 19.4. The normalized spacial score (nSPS) is 14.2. The number of nitrogens with two attached hydrogens (primary N) is 3. The van der Waals surface area contributed by atoms with Crippen LogP contribution in [0.2, 0.25) is 0 Å². The van der Waals surface area contributed by atoms with Crippen LogP contribution in [0.1, 0.15) is 19.4 Å². The van der Waals surface area contributed by atoms with E-state index >= 15 is 0 Å². The third-order valence-corrected chi connectivity index (χ3v) is 4.54. The zero-order valence-electron chi connectivity index (χ0n) is 17.4. The van der Waals surface area contributed by atoms with Gasteiger partial charge < -0.3 is 41.7 Å². The van der Waals surface area contributed by atoms with Gasteiger partial charge in [0.2, 0.25) is 5.91 Å². The largest absolute Gasteiger partial charge is 0.426 e. The summed E-state index contributed by atoms with van der Waals surface area (Å²) in [4.78, 5) is 32.0. The fourth-order valence-electron chi connectivity index (χ4n) is 2.84. The minimum absolute atomic E-state index is 0.0424. The Balaban J connectivity index is 0.00000166. The summed E-state index contributed by atoms with van der Waals surface area (Å²) < 4.78 is 6.43. The molecule has 3 rings (SSSR count). The van der Waals surface area contributed by atoms with Crippen molar-refractivity contribution < 1.29 is 19.1 Å². The molecule has 2 aromatic rings. The molecule has 0 spiro atoms. The molecular weight excluding hydrogens is 421 g/mol. The second kappa shape index (κ2) is 11.3. The maximum absolute atomic E-state index is 12.1. The van der Waals surface area contributed by atoms with Gasteiger partial charge in [0.1, 0.15) is 17.3 Å². The van der Waals surface area contributed by atoms with Crippen LogP contribution in [0.3, 0.4) is 0 Å². The Hall–Kier alpha value is -3.11. The van der Waals surface area contributed by atoms with Crippen molar-refractivity contribution in [2.45, 2.75) is 13.8 Å². The summed E-state index contributed by atoms with van der Waals surface area (Å²) in [5, 5.41) is 7.25. The number of amides is 1. The molecule has 0 radical (unpaired) electrons. The van der Waals surface area contributed by atoms with Crippen molar-refractivity contribution in [1.82, 2.24) is 15.1 Å². The number of carbonyl (C=O) groups excluding carboxylic acids is 1. The first-order valence-electron chi connectivity index (χ1n) is 9.60. The average molecular weight is 449 g/mol. The molecule has 1 aliphatic heterocycles. The summed E-state index contributed by atoms with van der Waals surface area (Å²) in [6, 6.07) is 6.59. The lowest BCUT2D eigenvalue weighted by atomic mass is 10.1. The quantitative estimate of drug-likeness (QED) is 0.270. The van der Waals surface area contributed by atoms with Crippen LogP contribution in [0.4, 0.5) is 5.69 Å². The standard InChI is InChI=1S/C17H22N7O4P.C2H6/c18-13(12-3-1-2-4-15(12)28-29(26)27)7-14(17(19)20)24-10-11(8-22-24)23-6-5-21-9-16(23)25;1-2/h1-4,7-8,10,21,26-27H,5-6,9,18-20H2;1-2H3/b13-7-;. The second-order valence-electron chi connectivity index (χ2n) is 6.15. The lowest BCUT2D eigenvalue weighted by Crippen LogP contribution is -2.48. The number of rotatable bonds is 6. The number of para-hydroxylation sites is 1. The van der Waals surface area contributed by atoms with Gasteiger partial charge in [-0.25, -0.2) is 4.68 Å². The van der Waals surface area contributed by atoms with Gasteiger partial charge >= 0.3 is 8.60 Å². The molecule has 0 atom stereocenters. The lowest BCUT2D eigenvalue weighted by Gasteiger charge is -2.25. The molecule has 9 N–H and O–H groups in total. The van der Waals surface area contributed by atoms with Gasteiger partial charge in [-0.05, 0) is 18.2 Å².